The number of Topliss-reactive ketones (excluding diaryl/α,β-unsaturated/α-hetero) is 1. The summed E-state index contributed by atoms with van der Waals surface area (Å²) in [5.74, 6) is -2.15. The number of carbonyl (C=O) groups is 2. The molecule has 0 radical (unpaired) electrons. The molecular weight excluding hydrogens is 333 g/mol. The van der Waals surface area contributed by atoms with Crippen LogP contribution in [0.5, 0.6) is 0 Å². The monoisotopic (exact) mass is 345 g/mol. The lowest BCUT2D eigenvalue weighted by atomic mass is 10.1. The van der Waals surface area contributed by atoms with Gasteiger partial charge in [-0.15, -0.1) is 0 Å². The molecule has 6 heteroatoms. The highest BCUT2D eigenvalue weighted by Gasteiger charge is 2.25. The van der Waals surface area contributed by atoms with E-state index in [2.05, 4.69) is 4.98 Å². The Kier molecular flexibility index (Phi) is 4.36. The number of esters is 1. The van der Waals surface area contributed by atoms with Crippen LogP contribution in [-0.2, 0) is 4.74 Å². The fourth-order valence-corrected chi connectivity index (χ4v) is 2.70. The number of fused-ring (bicyclic) bond motifs is 1. The minimum atomic E-state index is -1.08. The zero-order chi connectivity index (χ0) is 17.3. The van der Waals surface area contributed by atoms with Crippen LogP contribution in [0.15, 0.2) is 48.7 Å². The molecule has 4 nitrogen and oxygen atoms in total. The van der Waals surface area contributed by atoms with Crippen LogP contribution in [0.3, 0.4) is 0 Å². The van der Waals surface area contributed by atoms with Crippen LogP contribution in [0.4, 0.5) is 4.39 Å². The Labute approximate surface area is 142 Å². The lowest BCUT2D eigenvalue weighted by molar-refractivity contribution is 0.0315. The molecule has 0 saturated heterocycles. The van der Waals surface area contributed by atoms with Crippen molar-refractivity contribution < 1.29 is 18.7 Å². The molecule has 0 aliphatic carbocycles. The van der Waals surface area contributed by atoms with Crippen LogP contribution in [0.25, 0.3) is 10.9 Å². The highest BCUT2D eigenvalue weighted by molar-refractivity contribution is 6.33. The molecule has 24 heavy (non-hydrogen) atoms. The van der Waals surface area contributed by atoms with Crippen LogP contribution in [0.1, 0.15) is 27.6 Å². The van der Waals surface area contributed by atoms with Gasteiger partial charge in [0.2, 0.25) is 5.78 Å². The van der Waals surface area contributed by atoms with Crippen molar-refractivity contribution in [2.45, 2.75) is 13.0 Å². The van der Waals surface area contributed by atoms with E-state index in [9.17, 15) is 14.0 Å². The molecule has 0 bridgehead atoms. The van der Waals surface area contributed by atoms with Gasteiger partial charge in [0.05, 0.1) is 5.02 Å². The third kappa shape index (κ3) is 2.90. The normalized spacial score (nSPS) is 12.1. The standard InChI is InChI=1S/C18H13ClFNO3/c1-10(24-18(23)16-13(19)6-4-7-14(16)20)17(22)12-9-21-15-8-3-2-5-11(12)15/h2-10,21H,1H3/t10-/m1/s1. The first-order valence-corrected chi connectivity index (χ1v) is 7.62. The summed E-state index contributed by atoms with van der Waals surface area (Å²) in [5, 5.41) is 0.668. The topological polar surface area (TPSA) is 59.2 Å². The number of nitrogens with one attached hydrogen (secondary N) is 1. The van der Waals surface area contributed by atoms with Crippen molar-refractivity contribution in [3.63, 3.8) is 0 Å². The number of carbonyl (C=O) groups excluding carboxylic acids is 2. The molecule has 0 aliphatic heterocycles. The number of hydrogen-bond donors (Lipinski definition) is 1. The first-order chi connectivity index (χ1) is 11.5. The number of ether oxygens (including phenoxy) is 1. The van der Waals surface area contributed by atoms with Crippen LogP contribution < -0.4 is 0 Å². The van der Waals surface area contributed by atoms with Gasteiger partial charge < -0.3 is 9.72 Å². The Bertz CT molecular complexity index is 915. The summed E-state index contributed by atoms with van der Waals surface area (Å²) in [4.78, 5) is 27.6. The average Bonchev–Trinajstić information content (AvgIpc) is 2.97. The van der Waals surface area contributed by atoms with Crippen LogP contribution in [0, 0.1) is 5.82 Å². The molecular formula is C18H13ClFNO3. The summed E-state index contributed by atoms with van der Waals surface area (Å²) in [6.07, 6.45) is 0.486. The summed E-state index contributed by atoms with van der Waals surface area (Å²) in [7, 11) is 0. The number of ketones is 1. The number of aromatic nitrogens is 1. The van der Waals surface area contributed by atoms with Gasteiger partial charge in [-0.05, 0) is 25.1 Å². The molecule has 0 saturated carbocycles. The number of aromatic amines is 1. The quantitative estimate of drug-likeness (QED) is 0.563. The molecule has 2 aromatic carbocycles. The number of para-hydroxylation sites is 1. The smallest absolute Gasteiger partial charge is 0.343 e. The summed E-state index contributed by atoms with van der Waals surface area (Å²) in [5.41, 5.74) is 0.833. The molecule has 1 N–H and O–H groups in total. The molecule has 3 rings (SSSR count). The van der Waals surface area contributed by atoms with Crippen LogP contribution in [0.2, 0.25) is 5.02 Å². The maximum Gasteiger partial charge on any atom is 0.343 e. The summed E-state index contributed by atoms with van der Waals surface area (Å²) in [6.45, 7) is 1.44. The molecule has 1 aromatic heterocycles. The van der Waals surface area contributed by atoms with E-state index in [1.165, 1.54) is 19.1 Å². The highest BCUT2D eigenvalue weighted by Crippen LogP contribution is 2.23. The number of hydrogen-bond acceptors (Lipinski definition) is 3. The molecule has 0 spiro atoms. The second-order valence-corrected chi connectivity index (χ2v) is 5.66. The van der Waals surface area contributed by atoms with Gasteiger partial charge in [0.15, 0.2) is 6.10 Å². The molecule has 3 aromatic rings. The minimum absolute atomic E-state index is 0.0632. The predicted molar refractivity (Wildman–Crippen MR) is 88.9 cm³/mol. The highest BCUT2D eigenvalue weighted by atomic mass is 35.5. The van der Waals surface area contributed by atoms with Crippen molar-refractivity contribution in [2.75, 3.05) is 0 Å². The van der Waals surface area contributed by atoms with Gasteiger partial charge in [-0.1, -0.05) is 35.9 Å². The number of halogens is 2. The van der Waals surface area contributed by atoms with Crippen molar-refractivity contribution in [1.82, 2.24) is 4.98 Å². The largest absolute Gasteiger partial charge is 0.451 e. The van der Waals surface area contributed by atoms with Gasteiger partial charge in [-0.25, -0.2) is 9.18 Å². The zero-order valence-corrected chi connectivity index (χ0v) is 13.4. The van der Waals surface area contributed by atoms with Gasteiger partial charge >= 0.3 is 5.97 Å². The lowest BCUT2D eigenvalue weighted by Gasteiger charge is -2.13. The second kappa shape index (κ2) is 6.45. The summed E-state index contributed by atoms with van der Waals surface area (Å²) < 4.78 is 18.9. The lowest BCUT2D eigenvalue weighted by Crippen LogP contribution is -2.25. The van der Waals surface area contributed by atoms with E-state index in [0.717, 1.165) is 17.0 Å². The van der Waals surface area contributed by atoms with Gasteiger partial charge in [-0.3, -0.25) is 4.79 Å². The SMILES string of the molecule is C[C@@H](OC(=O)c1c(F)cccc1Cl)C(=O)c1c[nH]c2ccccc12. The average molecular weight is 346 g/mol. The van der Waals surface area contributed by atoms with Crippen molar-refractivity contribution in [3.05, 3.63) is 70.6 Å². The predicted octanol–water partition coefficient (Wildman–Crippen LogP) is 4.39. The number of H-pyrrole nitrogens is 1. The third-order valence-electron chi connectivity index (χ3n) is 3.67. The van der Waals surface area contributed by atoms with Crippen molar-refractivity contribution in [2.24, 2.45) is 0 Å². The van der Waals surface area contributed by atoms with E-state index in [1.807, 2.05) is 18.2 Å². The van der Waals surface area contributed by atoms with E-state index in [1.54, 1.807) is 12.3 Å². The van der Waals surface area contributed by atoms with Crippen molar-refractivity contribution in [1.29, 1.82) is 0 Å². The molecule has 0 fully saturated rings. The maximum absolute atomic E-state index is 13.8. The molecule has 0 aliphatic rings. The fraction of sp³-hybridized carbons (Fsp3) is 0.111. The number of benzene rings is 2. The van der Waals surface area contributed by atoms with E-state index < -0.39 is 17.9 Å². The van der Waals surface area contributed by atoms with Crippen molar-refractivity contribution in [3.8, 4) is 0 Å². The molecule has 1 heterocycles. The molecule has 122 valence electrons. The van der Waals surface area contributed by atoms with Gasteiger partial charge in [0, 0.05) is 22.7 Å². The van der Waals surface area contributed by atoms with E-state index in [0.29, 0.717) is 5.56 Å². The molecule has 0 amide bonds. The fourth-order valence-electron chi connectivity index (χ4n) is 2.46. The van der Waals surface area contributed by atoms with Crippen molar-refractivity contribution >= 4 is 34.3 Å². The van der Waals surface area contributed by atoms with Crippen LogP contribution >= 0.6 is 11.6 Å². The van der Waals surface area contributed by atoms with Gasteiger partial charge in [0.1, 0.15) is 11.4 Å². The molecule has 1 atom stereocenters. The Morgan fingerprint density at radius 2 is 1.92 bits per heavy atom. The van der Waals surface area contributed by atoms with Crippen LogP contribution in [-0.4, -0.2) is 22.8 Å². The molecule has 0 unspecified atom stereocenters. The van der Waals surface area contributed by atoms with E-state index >= 15 is 0 Å². The van der Waals surface area contributed by atoms with Gasteiger partial charge in [0.25, 0.3) is 0 Å². The Morgan fingerprint density at radius 3 is 2.67 bits per heavy atom. The first-order valence-electron chi connectivity index (χ1n) is 7.24. The second-order valence-electron chi connectivity index (χ2n) is 5.26. The minimum Gasteiger partial charge on any atom is -0.451 e. The maximum atomic E-state index is 13.8. The zero-order valence-electron chi connectivity index (χ0n) is 12.7. The first kappa shape index (κ1) is 16.2. The van der Waals surface area contributed by atoms with Gasteiger partial charge in [-0.2, -0.15) is 0 Å². The third-order valence-corrected chi connectivity index (χ3v) is 3.99. The Morgan fingerprint density at radius 1 is 1.17 bits per heavy atom. The van der Waals surface area contributed by atoms with E-state index in [4.69, 9.17) is 16.3 Å². The van der Waals surface area contributed by atoms with E-state index in [-0.39, 0.29) is 16.4 Å². The Hall–Kier alpha value is -2.66. The Balaban J connectivity index is 1.83. The number of rotatable bonds is 4. The summed E-state index contributed by atoms with van der Waals surface area (Å²) in [6, 6.07) is 11.2. The summed E-state index contributed by atoms with van der Waals surface area (Å²) >= 11 is 5.83.